The Balaban J connectivity index is 1.42. The lowest BCUT2D eigenvalue weighted by Crippen LogP contribution is -2.44. The Kier molecular flexibility index (Phi) is 4.94. The van der Waals surface area contributed by atoms with Gasteiger partial charge < -0.3 is 9.32 Å². The fraction of sp³-hybridized carbons (Fsp3) is 0.318. The van der Waals surface area contributed by atoms with Crippen LogP contribution < -0.4 is 0 Å². The number of pyridine rings is 1. The molecule has 0 aliphatic carbocycles. The summed E-state index contributed by atoms with van der Waals surface area (Å²) in [6.07, 6.45) is 6.85. The first-order valence-corrected chi connectivity index (χ1v) is 9.43. The van der Waals surface area contributed by atoms with E-state index in [0.717, 1.165) is 12.8 Å². The SMILES string of the molecule is CC1(c2ncc(Cc3ccccc3F)o2)CCN(C(=O)c2ccncc2)CC1. The molecule has 1 aromatic carbocycles. The molecule has 2 aromatic heterocycles. The van der Waals surface area contributed by atoms with Gasteiger partial charge in [-0.1, -0.05) is 25.1 Å². The summed E-state index contributed by atoms with van der Waals surface area (Å²) in [5.41, 5.74) is 1.01. The molecule has 1 aliphatic heterocycles. The summed E-state index contributed by atoms with van der Waals surface area (Å²) in [6.45, 7) is 3.39. The van der Waals surface area contributed by atoms with Crippen LogP contribution in [0.25, 0.3) is 0 Å². The number of likely N-dealkylation sites (tertiary alicyclic amines) is 1. The quantitative estimate of drug-likeness (QED) is 0.688. The van der Waals surface area contributed by atoms with Gasteiger partial charge in [0.2, 0.25) is 0 Å². The summed E-state index contributed by atoms with van der Waals surface area (Å²) in [5, 5.41) is 0. The fourth-order valence-electron chi connectivity index (χ4n) is 3.59. The third-order valence-electron chi connectivity index (χ3n) is 5.47. The van der Waals surface area contributed by atoms with Crippen molar-refractivity contribution in [2.24, 2.45) is 0 Å². The molecule has 0 saturated carbocycles. The molecule has 0 spiro atoms. The number of oxazole rings is 1. The Morgan fingerprint density at radius 3 is 2.61 bits per heavy atom. The summed E-state index contributed by atoms with van der Waals surface area (Å²) in [6, 6.07) is 10.2. The number of carbonyl (C=O) groups excluding carboxylic acids is 1. The van der Waals surface area contributed by atoms with Gasteiger partial charge in [-0.3, -0.25) is 9.78 Å². The van der Waals surface area contributed by atoms with E-state index in [-0.39, 0.29) is 17.1 Å². The van der Waals surface area contributed by atoms with Gasteiger partial charge >= 0.3 is 0 Å². The lowest BCUT2D eigenvalue weighted by molar-refractivity contribution is 0.0657. The van der Waals surface area contributed by atoms with Gasteiger partial charge in [-0.05, 0) is 36.6 Å². The first-order valence-electron chi connectivity index (χ1n) is 9.43. The molecule has 3 heterocycles. The first-order chi connectivity index (χ1) is 13.5. The molecular formula is C22H22FN3O2. The molecule has 5 nitrogen and oxygen atoms in total. The zero-order valence-corrected chi connectivity index (χ0v) is 15.8. The van der Waals surface area contributed by atoms with Crippen LogP contribution in [0.1, 0.15) is 47.3 Å². The number of nitrogens with zero attached hydrogens (tertiary/aromatic N) is 3. The van der Waals surface area contributed by atoms with Crippen molar-refractivity contribution in [1.82, 2.24) is 14.9 Å². The van der Waals surface area contributed by atoms with Crippen LogP contribution in [0.5, 0.6) is 0 Å². The molecule has 0 N–H and O–H groups in total. The second-order valence-electron chi connectivity index (χ2n) is 7.49. The minimum Gasteiger partial charge on any atom is -0.445 e. The van der Waals surface area contributed by atoms with E-state index in [0.29, 0.717) is 42.3 Å². The molecule has 0 atom stereocenters. The number of hydrogen-bond acceptors (Lipinski definition) is 4. The van der Waals surface area contributed by atoms with Gasteiger partial charge in [0, 0.05) is 42.9 Å². The predicted molar refractivity (Wildman–Crippen MR) is 102 cm³/mol. The standard InChI is InChI=1S/C22H22FN3O2/c1-22(8-12-26(13-9-22)20(27)16-6-10-24-11-7-16)21-25-15-18(28-21)14-17-4-2-3-5-19(17)23/h2-7,10-11,15H,8-9,12-14H2,1H3. The molecule has 1 fully saturated rings. The number of halogens is 1. The van der Waals surface area contributed by atoms with Gasteiger partial charge in [0.1, 0.15) is 11.6 Å². The van der Waals surface area contributed by atoms with E-state index >= 15 is 0 Å². The predicted octanol–water partition coefficient (Wildman–Crippen LogP) is 3.99. The summed E-state index contributed by atoms with van der Waals surface area (Å²) in [4.78, 5) is 22.9. The van der Waals surface area contributed by atoms with Crippen molar-refractivity contribution in [3.8, 4) is 0 Å². The molecular weight excluding hydrogens is 357 g/mol. The summed E-state index contributed by atoms with van der Waals surface area (Å²) in [7, 11) is 0. The highest BCUT2D eigenvalue weighted by molar-refractivity contribution is 5.94. The maximum absolute atomic E-state index is 13.9. The van der Waals surface area contributed by atoms with Crippen molar-refractivity contribution in [2.75, 3.05) is 13.1 Å². The lowest BCUT2D eigenvalue weighted by atomic mass is 9.80. The van der Waals surface area contributed by atoms with E-state index in [1.165, 1.54) is 6.07 Å². The van der Waals surface area contributed by atoms with Crippen LogP contribution in [0.15, 0.2) is 59.4 Å². The van der Waals surface area contributed by atoms with E-state index in [9.17, 15) is 9.18 Å². The highest BCUT2D eigenvalue weighted by Gasteiger charge is 2.37. The zero-order valence-electron chi connectivity index (χ0n) is 15.8. The Morgan fingerprint density at radius 2 is 1.89 bits per heavy atom. The molecule has 1 amide bonds. The van der Waals surface area contributed by atoms with Gasteiger partial charge in [0.25, 0.3) is 5.91 Å². The summed E-state index contributed by atoms with van der Waals surface area (Å²) in [5.74, 6) is 1.10. The molecule has 144 valence electrons. The van der Waals surface area contributed by atoms with E-state index in [4.69, 9.17) is 4.42 Å². The number of carbonyl (C=O) groups is 1. The molecule has 3 aromatic rings. The maximum Gasteiger partial charge on any atom is 0.253 e. The Bertz CT molecular complexity index is 963. The molecule has 1 saturated heterocycles. The second kappa shape index (κ2) is 7.54. The monoisotopic (exact) mass is 379 g/mol. The van der Waals surface area contributed by atoms with Crippen molar-refractivity contribution in [3.05, 3.63) is 83.6 Å². The molecule has 6 heteroatoms. The van der Waals surface area contributed by atoms with Crippen molar-refractivity contribution >= 4 is 5.91 Å². The molecule has 0 radical (unpaired) electrons. The van der Waals surface area contributed by atoms with Gasteiger partial charge in [0.05, 0.1) is 6.20 Å². The number of amides is 1. The van der Waals surface area contributed by atoms with Crippen LogP contribution in [-0.2, 0) is 11.8 Å². The third-order valence-corrected chi connectivity index (χ3v) is 5.47. The minimum absolute atomic E-state index is 0.0251. The van der Waals surface area contributed by atoms with Gasteiger partial charge in [-0.2, -0.15) is 0 Å². The molecule has 0 unspecified atom stereocenters. The molecule has 4 rings (SSSR count). The number of rotatable bonds is 4. The molecule has 1 aliphatic rings. The van der Waals surface area contributed by atoms with Crippen molar-refractivity contribution in [3.63, 3.8) is 0 Å². The summed E-state index contributed by atoms with van der Waals surface area (Å²) >= 11 is 0. The lowest BCUT2D eigenvalue weighted by Gasteiger charge is -2.37. The summed E-state index contributed by atoms with van der Waals surface area (Å²) < 4.78 is 19.8. The third kappa shape index (κ3) is 3.67. The van der Waals surface area contributed by atoms with Crippen molar-refractivity contribution in [1.29, 1.82) is 0 Å². The first kappa shape index (κ1) is 18.3. The van der Waals surface area contributed by atoms with Crippen LogP contribution >= 0.6 is 0 Å². The largest absolute Gasteiger partial charge is 0.445 e. The van der Waals surface area contributed by atoms with Crippen molar-refractivity contribution < 1.29 is 13.6 Å². The number of piperidine rings is 1. The topological polar surface area (TPSA) is 59.2 Å². The van der Waals surface area contributed by atoms with Crippen LogP contribution in [0.4, 0.5) is 4.39 Å². The van der Waals surface area contributed by atoms with Crippen LogP contribution in [-0.4, -0.2) is 33.9 Å². The van der Waals surface area contributed by atoms with E-state index < -0.39 is 0 Å². The molecule has 28 heavy (non-hydrogen) atoms. The number of benzene rings is 1. The highest BCUT2D eigenvalue weighted by Crippen LogP contribution is 2.35. The van der Waals surface area contributed by atoms with E-state index in [2.05, 4.69) is 16.9 Å². The minimum atomic E-state index is -0.241. The van der Waals surface area contributed by atoms with Gasteiger partial charge in [-0.25, -0.2) is 9.37 Å². The zero-order chi connectivity index (χ0) is 19.6. The number of aromatic nitrogens is 2. The highest BCUT2D eigenvalue weighted by atomic mass is 19.1. The average molecular weight is 379 g/mol. The fourth-order valence-corrected chi connectivity index (χ4v) is 3.59. The van der Waals surface area contributed by atoms with Gasteiger partial charge in [0.15, 0.2) is 5.89 Å². The van der Waals surface area contributed by atoms with Crippen LogP contribution in [0.3, 0.4) is 0 Å². The van der Waals surface area contributed by atoms with E-state index in [1.807, 2.05) is 11.0 Å². The van der Waals surface area contributed by atoms with E-state index in [1.54, 1.807) is 42.9 Å². The smallest absolute Gasteiger partial charge is 0.253 e. The Morgan fingerprint density at radius 1 is 1.18 bits per heavy atom. The van der Waals surface area contributed by atoms with Crippen molar-refractivity contribution in [2.45, 2.75) is 31.6 Å². The molecule has 0 bridgehead atoms. The van der Waals surface area contributed by atoms with Crippen LogP contribution in [0.2, 0.25) is 0 Å². The Labute approximate surface area is 163 Å². The Hall–Kier alpha value is -3.02. The maximum atomic E-state index is 13.9. The second-order valence-corrected chi connectivity index (χ2v) is 7.49. The number of hydrogen-bond donors (Lipinski definition) is 0. The average Bonchev–Trinajstić information content (AvgIpc) is 3.20. The van der Waals surface area contributed by atoms with Gasteiger partial charge in [-0.15, -0.1) is 0 Å². The van der Waals surface area contributed by atoms with Crippen LogP contribution in [0, 0.1) is 5.82 Å². The normalized spacial score (nSPS) is 16.1.